The number of piperidine rings is 1. The summed E-state index contributed by atoms with van der Waals surface area (Å²) in [5.74, 6) is 2.87. The molecule has 1 atom stereocenters. The number of carbonyl (C=O) groups excluding carboxylic acids is 1. The van der Waals surface area contributed by atoms with E-state index in [2.05, 4.69) is 20.4 Å². The van der Waals surface area contributed by atoms with Crippen LogP contribution in [0.4, 0.5) is 5.82 Å². The van der Waals surface area contributed by atoms with Crippen LogP contribution in [-0.2, 0) is 11.2 Å². The number of hydrogen-bond donors (Lipinski definition) is 1. The minimum absolute atomic E-state index is 0.0688. The number of anilines is 1. The predicted molar refractivity (Wildman–Crippen MR) is 121 cm³/mol. The Morgan fingerprint density at radius 2 is 2.03 bits per heavy atom. The van der Waals surface area contributed by atoms with Gasteiger partial charge in [-0.2, -0.15) is 0 Å². The van der Waals surface area contributed by atoms with Crippen molar-refractivity contribution in [3.8, 4) is 23.0 Å². The molecule has 0 radical (unpaired) electrons. The molecule has 1 saturated heterocycles. The minimum atomic E-state index is -0.0688. The van der Waals surface area contributed by atoms with Crippen molar-refractivity contribution < 1.29 is 18.7 Å². The van der Waals surface area contributed by atoms with Gasteiger partial charge in [0.25, 0.3) is 0 Å². The fourth-order valence-electron chi connectivity index (χ4n) is 3.96. The highest BCUT2D eigenvalue weighted by Gasteiger charge is 2.26. The number of carbonyl (C=O) groups is 1. The smallest absolute Gasteiger partial charge is 0.224 e. The van der Waals surface area contributed by atoms with Crippen LogP contribution in [0.15, 0.2) is 53.1 Å². The third kappa shape index (κ3) is 5.01. The van der Waals surface area contributed by atoms with Crippen LogP contribution in [-0.4, -0.2) is 50.0 Å². The number of ether oxygens (including phenoxy) is 2. The molecule has 1 aromatic carbocycles. The van der Waals surface area contributed by atoms with Crippen LogP contribution in [0.2, 0.25) is 0 Å². The van der Waals surface area contributed by atoms with Gasteiger partial charge >= 0.3 is 0 Å². The number of rotatable bonds is 8. The Bertz CT molecular complexity index is 1020. The molecule has 8 nitrogen and oxygen atoms in total. The molecular formula is C24H28N4O4. The van der Waals surface area contributed by atoms with Crippen LogP contribution >= 0.6 is 0 Å². The van der Waals surface area contributed by atoms with Crippen LogP contribution < -0.4 is 19.7 Å². The normalized spacial score (nSPS) is 15.9. The third-order valence-corrected chi connectivity index (χ3v) is 5.70. The molecule has 4 rings (SSSR count). The highest BCUT2D eigenvalue weighted by Crippen LogP contribution is 2.28. The lowest BCUT2D eigenvalue weighted by Crippen LogP contribution is -2.43. The van der Waals surface area contributed by atoms with E-state index >= 15 is 0 Å². The number of amides is 1. The van der Waals surface area contributed by atoms with Gasteiger partial charge in [-0.15, -0.1) is 10.2 Å². The Kier molecular flexibility index (Phi) is 6.89. The van der Waals surface area contributed by atoms with Gasteiger partial charge in [0.1, 0.15) is 5.69 Å². The zero-order valence-electron chi connectivity index (χ0n) is 18.4. The summed E-state index contributed by atoms with van der Waals surface area (Å²) >= 11 is 0. The molecule has 1 amide bonds. The van der Waals surface area contributed by atoms with Gasteiger partial charge < -0.3 is 24.1 Å². The zero-order chi connectivity index (χ0) is 22.3. The van der Waals surface area contributed by atoms with E-state index in [1.54, 1.807) is 20.5 Å². The van der Waals surface area contributed by atoms with Gasteiger partial charge in [0.05, 0.1) is 26.4 Å². The van der Waals surface area contributed by atoms with Gasteiger partial charge in [0.2, 0.25) is 5.91 Å². The number of nitrogens with one attached hydrogen (secondary N) is 1. The SMILES string of the molecule is COc1ccc(CCNC(=O)[C@@H]2CCCN(c3ccc(-c4ccco4)nn3)C2)cc1OC. The van der Waals surface area contributed by atoms with E-state index in [9.17, 15) is 4.79 Å². The first kappa shape index (κ1) is 21.7. The van der Waals surface area contributed by atoms with E-state index in [1.165, 1.54) is 0 Å². The van der Waals surface area contributed by atoms with E-state index in [1.807, 2.05) is 42.5 Å². The molecule has 0 saturated carbocycles. The largest absolute Gasteiger partial charge is 0.493 e. The highest BCUT2D eigenvalue weighted by atomic mass is 16.5. The van der Waals surface area contributed by atoms with E-state index in [-0.39, 0.29) is 11.8 Å². The van der Waals surface area contributed by atoms with Gasteiger partial charge in [-0.1, -0.05) is 6.07 Å². The van der Waals surface area contributed by atoms with Crippen molar-refractivity contribution in [2.45, 2.75) is 19.3 Å². The molecule has 0 aliphatic carbocycles. The van der Waals surface area contributed by atoms with Crippen molar-refractivity contribution in [3.63, 3.8) is 0 Å². The van der Waals surface area contributed by atoms with Crippen LogP contribution in [0.25, 0.3) is 11.5 Å². The van der Waals surface area contributed by atoms with Crippen LogP contribution in [0.1, 0.15) is 18.4 Å². The fourth-order valence-corrected chi connectivity index (χ4v) is 3.96. The van der Waals surface area contributed by atoms with Crippen LogP contribution in [0.3, 0.4) is 0 Å². The summed E-state index contributed by atoms with van der Waals surface area (Å²) in [5.41, 5.74) is 1.78. The summed E-state index contributed by atoms with van der Waals surface area (Å²) in [6.45, 7) is 2.07. The number of methoxy groups -OCH3 is 2. The van der Waals surface area contributed by atoms with E-state index in [0.29, 0.717) is 36.0 Å². The van der Waals surface area contributed by atoms with Crippen molar-refractivity contribution >= 4 is 11.7 Å². The highest BCUT2D eigenvalue weighted by molar-refractivity contribution is 5.79. The summed E-state index contributed by atoms with van der Waals surface area (Å²) < 4.78 is 16.0. The first-order valence-electron chi connectivity index (χ1n) is 10.8. The molecule has 32 heavy (non-hydrogen) atoms. The summed E-state index contributed by atoms with van der Waals surface area (Å²) in [5, 5.41) is 11.7. The maximum absolute atomic E-state index is 12.8. The first-order valence-corrected chi connectivity index (χ1v) is 10.8. The summed E-state index contributed by atoms with van der Waals surface area (Å²) in [6.07, 6.45) is 4.15. The Balaban J connectivity index is 1.30. The molecular weight excluding hydrogens is 408 g/mol. The average Bonchev–Trinajstić information content (AvgIpc) is 3.39. The van der Waals surface area contributed by atoms with Crippen molar-refractivity contribution in [2.75, 3.05) is 38.8 Å². The lowest BCUT2D eigenvalue weighted by molar-refractivity contribution is -0.125. The van der Waals surface area contributed by atoms with Crippen LogP contribution in [0.5, 0.6) is 11.5 Å². The molecule has 3 heterocycles. The van der Waals surface area contributed by atoms with Gasteiger partial charge in [-0.05, 0) is 61.2 Å². The molecule has 1 N–H and O–H groups in total. The molecule has 8 heteroatoms. The monoisotopic (exact) mass is 436 g/mol. The second-order valence-electron chi connectivity index (χ2n) is 7.77. The quantitative estimate of drug-likeness (QED) is 0.579. The zero-order valence-corrected chi connectivity index (χ0v) is 18.4. The lowest BCUT2D eigenvalue weighted by atomic mass is 9.97. The standard InChI is InChI=1S/C24H28N4O4/c1-30-21-9-7-17(15-22(21)31-2)11-12-25-24(29)18-5-3-13-28(16-18)23-10-8-19(26-27-23)20-6-4-14-32-20/h4,6-10,14-15,18H,3,5,11-13,16H2,1-2H3,(H,25,29)/t18-/m1/s1. The molecule has 0 bridgehead atoms. The molecule has 168 valence electrons. The number of benzene rings is 1. The summed E-state index contributed by atoms with van der Waals surface area (Å²) in [4.78, 5) is 14.9. The first-order chi connectivity index (χ1) is 15.7. The number of hydrogen-bond acceptors (Lipinski definition) is 7. The van der Waals surface area contributed by atoms with E-state index in [4.69, 9.17) is 13.9 Å². The topological polar surface area (TPSA) is 89.7 Å². The number of furan rings is 1. The van der Waals surface area contributed by atoms with E-state index < -0.39 is 0 Å². The molecule has 0 unspecified atom stereocenters. The van der Waals surface area contributed by atoms with Crippen molar-refractivity contribution in [1.82, 2.24) is 15.5 Å². The third-order valence-electron chi connectivity index (χ3n) is 5.70. The molecule has 1 aliphatic rings. The number of aromatic nitrogens is 2. The Hall–Kier alpha value is -3.55. The van der Waals surface area contributed by atoms with Gasteiger partial charge in [-0.3, -0.25) is 4.79 Å². The van der Waals surface area contributed by atoms with Crippen molar-refractivity contribution in [1.29, 1.82) is 0 Å². The van der Waals surface area contributed by atoms with E-state index in [0.717, 1.165) is 37.2 Å². The lowest BCUT2D eigenvalue weighted by Gasteiger charge is -2.32. The predicted octanol–water partition coefficient (Wildman–Crippen LogP) is 3.33. The van der Waals surface area contributed by atoms with Crippen molar-refractivity contribution in [2.24, 2.45) is 5.92 Å². The summed E-state index contributed by atoms with van der Waals surface area (Å²) in [6, 6.07) is 13.3. The second-order valence-corrected chi connectivity index (χ2v) is 7.77. The van der Waals surface area contributed by atoms with Gasteiger partial charge in [0, 0.05) is 19.6 Å². The van der Waals surface area contributed by atoms with Gasteiger partial charge in [-0.25, -0.2) is 0 Å². The molecule has 1 fully saturated rings. The Morgan fingerprint density at radius 1 is 1.16 bits per heavy atom. The maximum atomic E-state index is 12.8. The second kappa shape index (κ2) is 10.2. The maximum Gasteiger partial charge on any atom is 0.224 e. The molecule has 2 aromatic heterocycles. The van der Waals surface area contributed by atoms with Gasteiger partial charge in [0.15, 0.2) is 23.1 Å². The summed E-state index contributed by atoms with van der Waals surface area (Å²) in [7, 11) is 3.23. The Morgan fingerprint density at radius 3 is 2.75 bits per heavy atom. The van der Waals surface area contributed by atoms with Crippen molar-refractivity contribution in [3.05, 3.63) is 54.3 Å². The Labute approximate surface area is 187 Å². The minimum Gasteiger partial charge on any atom is -0.493 e. The van der Waals surface area contributed by atoms with Crippen LogP contribution in [0, 0.1) is 5.92 Å². The fraction of sp³-hybridized carbons (Fsp3) is 0.375. The molecule has 1 aliphatic heterocycles. The average molecular weight is 437 g/mol. The molecule has 3 aromatic rings. The molecule has 0 spiro atoms. The number of nitrogens with zero attached hydrogens (tertiary/aromatic N) is 3.